The molecule has 80 heavy (non-hydrogen) atoms. The normalized spacial score (nSPS) is 13.9. The number of benzene rings is 11. The van der Waals surface area contributed by atoms with E-state index in [0.29, 0.717) is 5.82 Å². The molecule has 0 amide bonds. The first kappa shape index (κ1) is 43.7. The molecule has 3 aromatic heterocycles. The summed E-state index contributed by atoms with van der Waals surface area (Å²) < 4.78 is 0. The minimum atomic E-state index is -0.533. The first-order chi connectivity index (χ1) is 39.7. The second-order valence-corrected chi connectivity index (χ2v) is 21.9. The van der Waals surface area contributed by atoms with Crippen LogP contribution >= 0.6 is 0 Å². The Kier molecular flexibility index (Phi) is 8.77. The van der Waals surface area contributed by atoms with Crippen molar-refractivity contribution in [2.24, 2.45) is 0 Å². The average Bonchev–Trinajstić information content (AvgIpc) is 4.23. The minimum absolute atomic E-state index is 0.504. The molecular formula is C76H44N4. The van der Waals surface area contributed by atoms with E-state index in [1.807, 2.05) is 24.5 Å². The summed E-state index contributed by atoms with van der Waals surface area (Å²) in [6, 6.07) is 94.5. The van der Waals surface area contributed by atoms with Crippen molar-refractivity contribution >= 4 is 32.7 Å². The number of nitrogens with zero attached hydrogens (tertiary/aromatic N) is 4. The number of pyridine rings is 2. The van der Waals surface area contributed by atoms with Crippen LogP contribution < -0.4 is 0 Å². The number of hydrogen-bond donors (Lipinski definition) is 0. The molecule has 0 unspecified atom stereocenters. The lowest BCUT2D eigenvalue weighted by Crippen LogP contribution is -2.25. The molecular weight excluding hydrogens is 969 g/mol. The lowest BCUT2D eigenvalue weighted by atomic mass is 9.70. The van der Waals surface area contributed by atoms with E-state index >= 15 is 0 Å². The van der Waals surface area contributed by atoms with E-state index in [4.69, 9.17) is 19.9 Å². The van der Waals surface area contributed by atoms with Gasteiger partial charge in [0.15, 0.2) is 5.82 Å². The Morgan fingerprint density at radius 3 is 1.11 bits per heavy atom. The molecule has 0 bridgehead atoms. The van der Waals surface area contributed by atoms with Crippen LogP contribution in [0.2, 0.25) is 0 Å². The Morgan fingerprint density at radius 1 is 0.237 bits per heavy atom. The zero-order valence-corrected chi connectivity index (χ0v) is 43.2. The Bertz CT molecular complexity index is 4910. The van der Waals surface area contributed by atoms with Crippen LogP contribution in [0.5, 0.6) is 0 Å². The molecule has 3 heterocycles. The Morgan fingerprint density at radius 2 is 0.625 bits per heavy atom. The molecule has 0 saturated carbocycles. The fourth-order valence-electron chi connectivity index (χ4n) is 15.1. The van der Waals surface area contributed by atoms with Gasteiger partial charge in [-0.25, -0.2) is 9.97 Å². The average molecular weight is 1010 g/mol. The summed E-state index contributed by atoms with van der Waals surface area (Å²) >= 11 is 0. The van der Waals surface area contributed by atoms with Crippen LogP contribution in [-0.4, -0.2) is 19.9 Å². The minimum Gasteiger partial charge on any atom is -0.256 e. The summed E-state index contributed by atoms with van der Waals surface area (Å²) in [4.78, 5) is 21.5. The summed E-state index contributed by atoms with van der Waals surface area (Å²) in [5, 5.41) is 3.02. The molecule has 4 nitrogen and oxygen atoms in total. The quantitative estimate of drug-likeness (QED) is 0.176. The van der Waals surface area contributed by atoms with E-state index in [0.717, 1.165) is 71.8 Å². The van der Waals surface area contributed by atoms with Gasteiger partial charge in [0.1, 0.15) is 0 Å². The van der Waals surface area contributed by atoms with E-state index in [1.165, 1.54) is 89.0 Å². The van der Waals surface area contributed by atoms with Crippen molar-refractivity contribution in [3.8, 4) is 89.4 Å². The molecule has 0 aliphatic heterocycles. The van der Waals surface area contributed by atoms with Crippen LogP contribution in [0.1, 0.15) is 44.5 Å². The molecule has 0 atom stereocenters. The zero-order chi connectivity index (χ0) is 52.3. The van der Waals surface area contributed by atoms with Gasteiger partial charge in [-0.05, 0) is 148 Å². The maximum atomic E-state index is 5.79. The van der Waals surface area contributed by atoms with Crippen molar-refractivity contribution in [2.45, 2.75) is 10.8 Å². The Balaban J connectivity index is 0.961. The third kappa shape index (κ3) is 5.59. The summed E-state index contributed by atoms with van der Waals surface area (Å²) in [6.45, 7) is 0. The molecule has 368 valence electrons. The van der Waals surface area contributed by atoms with Crippen molar-refractivity contribution in [3.63, 3.8) is 0 Å². The zero-order valence-electron chi connectivity index (χ0n) is 43.2. The number of fused-ring (bicyclic) bond motifs is 23. The summed E-state index contributed by atoms with van der Waals surface area (Å²) in [5.41, 5.74) is 29.1. The monoisotopic (exact) mass is 1010 g/mol. The molecule has 0 fully saturated rings. The summed E-state index contributed by atoms with van der Waals surface area (Å²) in [7, 11) is 0. The van der Waals surface area contributed by atoms with Crippen LogP contribution in [0.15, 0.2) is 267 Å². The van der Waals surface area contributed by atoms with E-state index in [2.05, 4.69) is 243 Å². The predicted octanol–water partition coefficient (Wildman–Crippen LogP) is 18.1. The number of hydrogen-bond acceptors (Lipinski definition) is 4. The standard InChI is InChI=1S/C76H44N4/c1-7-29-62-50(21-1)51-22-2-8-30-63(51)75(62)66-33-11-5-25-54(66)56-37-35-47(43-68(56)75)49-41-60(48-36-38-57-55-26-6-12-34-67(55)76(69(57)44-48)64-31-9-3-23-52(64)53-24-4-10-32-65(53)76)73-61(42-49)72(58-27-13-17-45-19-15-39-77-70(45)58)79-74(80-73)59-28-14-18-46-20-16-40-78-71(46)59/h1-44H. The number of para-hydroxylation sites is 2. The van der Waals surface area contributed by atoms with Crippen molar-refractivity contribution in [1.29, 1.82) is 0 Å². The van der Waals surface area contributed by atoms with Crippen LogP contribution in [-0.2, 0) is 10.8 Å². The van der Waals surface area contributed by atoms with Gasteiger partial charge in [0.25, 0.3) is 0 Å². The maximum Gasteiger partial charge on any atom is 0.162 e. The largest absolute Gasteiger partial charge is 0.256 e. The number of rotatable bonds is 4. The fraction of sp³-hybridized carbons (Fsp3) is 0.0263. The third-order valence-corrected chi connectivity index (χ3v) is 18.2. The highest BCUT2D eigenvalue weighted by atomic mass is 14.9. The fourth-order valence-corrected chi connectivity index (χ4v) is 15.1. The van der Waals surface area contributed by atoms with Crippen molar-refractivity contribution < 1.29 is 0 Å². The molecule has 18 rings (SSSR count). The van der Waals surface area contributed by atoms with E-state index in [1.54, 1.807) is 0 Å². The highest BCUT2D eigenvalue weighted by Gasteiger charge is 2.53. The van der Waals surface area contributed by atoms with Gasteiger partial charge in [-0.2, -0.15) is 0 Å². The highest BCUT2D eigenvalue weighted by Crippen LogP contribution is 2.65. The summed E-state index contributed by atoms with van der Waals surface area (Å²) in [5.74, 6) is 0.609. The maximum absolute atomic E-state index is 5.79. The van der Waals surface area contributed by atoms with Gasteiger partial charge in [-0.3, -0.25) is 9.97 Å². The van der Waals surface area contributed by atoms with E-state index < -0.39 is 10.8 Å². The Hall–Kier alpha value is -10.4. The van der Waals surface area contributed by atoms with Gasteiger partial charge in [-0.1, -0.05) is 212 Å². The van der Waals surface area contributed by atoms with Crippen LogP contribution in [0.25, 0.3) is 122 Å². The van der Waals surface area contributed by atoms with Crippen LogP contribution in [0.4, 0.5) is 0 Å². The molecule has 0 saturated heterocycles. The molecule has 14 aromatic rings. The van der Waals surface area contributed by atoms with E-state index in [-0.39, 0.29) is 0 Å². The molecule has 0 radical (unpaired) electrons. The van der Waals surface area contributed by atoms with Gasteiger partial charge in [-0.15, -0.1) is 0 Å². The highest BCUT2D eigenvalue weighted by molar-refractivity contribution is 6.10. The molecule has 4 heteroatoms. The van der Waals surface area contributed by atoms with Crippen LogP contribution in [0.3, 0.4) is 0 Å². The lowest BCUT2D eigenvalue weighted by molar-refractivity contribution is 0.794. The SMILES string of the molecule is c1ccc2c(c1)-c1ccccc1C21c2ccccc2-c2ccc(-c3cc(-c4ccc5c(c4)C4(c6ccccc6-c6ccccc64)c4ccccc4-5)c4nc(-c5cccc6cccnc56)nc(-c5cccc6cccnc56)c4c3)cc21. The van der Waals surface area contributed by atoms with E-state index in [9.17, 15) is 0 Å². The number of aromatic nitrogens is 4. The smallest absolute Gasteiger partial charge is 0.162 e. The van der Waals surface area contributed by atoms with Gasteiger partial charge in [0, 0.05) is 45.2 Å². The summed E-state index contributed by atoms with van der Waals surface area (Å²) in [6.07, 6.45) is 3.75. The third-order valence-electron chi connectivity index (χ3n) is 18.2. The van der Waals surface area contributed by atoms with Crippen molar-refractivity contribution in [2.75, 3.05) is 0 Å². The second kappa shape index (κ2) is 16.1. The molecule has 11 aromatic carbocycles. The molecule has 4 aliphatic carbocycles. The lowest BCUT2D eigenvalue weighted by Gasteiger charge is -2.31. The first-order valence-electron chi connectivity index (χ1n) is 27.6. The Labute approximate surface area is 462 Å². The van der Waals surface area contributed by atoms with Gasteiger partial charge in [0.2, 0.25) is 0 Å². The van der Waals surface area contributed by atoms with Crippen LogP contribution in [0, 0.1) is 0 Å². The molecule has 0 N–H and O–H groups in total. The predicted molar refractivity (Wildman–Crippen MR) is 324 cm³/mol. The molecule has 4 aliphatic rings. The second-order valence-electron chi connectivity index (χ2n) is 21.9. The van der Waals surface area contributed by atoms with Crippen molar-refractivity contribution in [3.05, 3.63) is 312 Å². The topological polar surface area (TPSA) is 51.6 Å². The first-order valence-corrected chi connectivity index (χ1v) is 27.6. The van der Waals surface area contributed by atoms with Gasteiger partial charge < -0.3 is 0 Å². The molecule has 2 spiro atoms. The van der Waals surface area contributed by atoms with Gasteiger partial charge >= 0.3 is 0 Å². The van der Waals surface area contributed by atoms with Gasteiger partial charge in [0.05, 0.1) is 33.1 Å². The van der Waals surface area contributed by atoms with Crippen molar-refractivity contribution in [1.82, 2.24) is 19.9 Å².